The van der Waals surface area contributed by atoms with E-state index in [1.54, 1.807) is 29.2 Å². The Balaban J connectivity index is 1.76. The number of nitro benzene ring substituents is 1. The van der Waals surface area contributed by atoms with Gasteiger partial charge in [-0.05, 0) is 47.7 Å². The number of hydrogen-bond acceptors (Lipinski definition) is 5. The summed E-state index contributed by atoms with van der Waals surface area (Å²) >= 11 is 18.6. The van der Waals surface area contributed by atoms with E-state index in [1.807, 2.05) is 30.3 Å². The molecule has 0 saturated carbocycles. The average molecular weight is 566 g/mol. The van der Waals surface area contributed by atoms with Crippen molar-refractivity contribution >= 4 is 57.8 Å². The van der Waals surface area contributed by atoms with E-state index in [9.17, 15) is 20.2 Å². The van der Waals surface area contributed by atoms with Crippen LogP contribution in [0.1, 0.15) is 35.8 Å². The van der Waals surface area contributed by atoms with Crippen LogP contribution >= 0.6 is 34.8 Å². The molecule has 10 heteroatoms. The van der Waals surface area contributed by atoms with E-state index >= 15 is 0 Å². The maximum atomic E-state index is 13.9. The van der Waals surface area contributed by atoms with Crippen LogP contribution in [0.5, 0.6) is 0 Å². The van der Waals surface area contributed by atoms with Gasteiger partial charge in [-0.1, -0.05) is 71.2 Å². The van der Waals surface area contributed by atoms with Crippen LogP contribution in [0.4, 0.5) is 11.4 Å². The average Bonchev–Trinajstić information content (AvgIpc) is 2.88. The lowest BCUT2D eigenvalue weighted by atomic mass is 9.69. The van der Waals surface area contributed by atoms with Gasteiger partial charge in [0.2, 0.25) is 0 Å². The standard InChI is InChI=1S/C28H19Cl3N4O3/c29-18-11-19(30)13-20(12-18)34-24-9-17(15-4-2-1-3-5-15)10-25(36)27(24)26(21(14-32)28(34)33)16-6-7-22(31)23(8-16)35(37)38/h1-8,11-13,17,21,26,33H,9-10H2. The minimum absolute atomic E-state index is 0.0540. The van der Waals surface area contributed by atoms with Gasteiger partial charge in [0, 0.05) is 45.4 Å². The van der Waals surface area contributed by atoms with Gasteiger partial charge in [0.05, 0.1) is 11.0 Å². The summed E-state index contributed by atoms with van der Waals surface area (Å²) in [5, 5.41) is 31.6. The summed E-state index contributed by atoms with van der Waals surface area (Å²) in [5.41, 5.74) is 2.38. The second-order valence-electron chi connectivity index (χ2n) is 9.20. The highest BCUT2D eigenvalue weighted by Crippen LogP contribution is 2.50. The molecule has 7 nitrogen and oxygen atoms in total. The molecule has 5 rings (SSSR count). The molecule has 0 amide bonds. The molecule has 38 heavy (non-hydrogen) atoms. The molecule has 3 atom stereocenters. The molecule has 0 aromatic heterocycles. The normalized spacial score (nSPS) is 21.2. The van der Waals surface area contributed by atoms with Crippen LogP contribution < -0.4 is 4.90 Å². The quantitative estimate of drug-likeness (QED) is 0.258. The van der Waals surface area contributed by atoms with Gasteiger partial charge in [0.15, 0.2) is 5.78 Å². The molecule has 0 saturated heterocycles. The number of ketones is 1. The fourth-order valence-corrected chi connectivity index (χ4v) is 6.07. The van der Waals surface area contributed by atoms with E-state index in [-0.39, 0.29) is 34.7 Å². The van der Waals surface area contributed by atoms with Crippen molar-refractivity contribution in [2.45, 2.75) is 24.7 Å². The number of rotatable bonds is 4. The Morgan fingerprint density at radius 2 is 1.66 bits per heavy atom. The number of Topliss-reactive ketones (excluding diaryl/α,β-unsaturated/α-hetero) is 1. The molecule has 1 aliphatic carbocycles. The SMILES string of the molecule is N#CC1C(=N)N(c2cc(Cl)cc(Cl)c2)C2=C(C(=O)CC(c3ccccc3)C2)C1c1ccc(Cl)c([N+](=O)[O-])c1. The van der Waals surface area contributed by atoms with Gasteiger partial charge >= 0.3 is 0 Å². The number of anilines is 1. The lowest BCUT2D eigenvalue weighted by Crippen LogP contribution is -2.46. The highest BCUT2D eigenvalue weighted by atomic mass is 35.5. The Kier molecular flexibility index (Phi) is 6.97. The molecular formula is C28H19Cl3N4O3. The van der Waals surface area contributed by atoms with Crippen molar-refractivity contribution < 1.29 is 9.72 Å². The molecule has 3 unspecified atom stereocenters. The number of hydrogen-bond donors (Lipinski definition) is 1. The number of nitriles is 1. The van der Waals surface area contributed by atoms with E-state index < -0.39 is 16.8 Å². The Morgan fingerprint density at radius 3 is 2.29 bits per heavy atom. The number of halogens is 3. The number of nitrogens with zero attached hydrogens (tertiary/aromatic N) is 3. The summed E-state index contributed by atoms with van der Waals surface area (Å²) in [5.74, 6) is -2.41. The van der Waals surface area contributed by atoms with Gasteiger partial charge in [0.25, 0.3) is 5.69 Å². The lowest BCUT2D eigenvalue weighted by molar-refractivity contribution is -0.384. The number of carbonyl (C=O) groups is 1. The van der Waals surface area contributed by atoms with E-state index in [0.29, 0.717) is 39.0 Å². The Labute approximate surface area is 233 Å². The van der Waals surface area contributed by atoms with Crippen LogP contribution in [0.25, 0.3) is 0 Å². The van der Waals surface area contributed by atoms with Crippen LogP contribution in [0, 0.1) is 32.8 Å². The summed E-state index contributed by atoms with van der Waals surface area (Å²) in [4.78, 5) is 26.5. The van der Waals surface area contributed by atoms with Crippen molar-refractivity contribution in [1.29, 1.82) is 10.7 Å². The van der Waals surface area contributed by atoms with E-state index in [0.717, 1.165) is 5.56 Å². The number of allylic oxidation sites excluding steroid dienone is 2. The third-order valence-electron chi connectivity index (χ3n) is 6.97. The van der Waals surface area contributed by atoms with Crippen molar-refractivity contribution in [3.05, 3.63) is 114 Å². The fourth-order valence-electron chi connectivity index (χ4n) is 5.37. The van der Waals surface area contributed by atoms with Crippen LogP contribution in [-0.4, -0.2) is 16.5 Å². The van der Waals surface area contributed by atoms with E-state index in [1.165, 1.54) is 12.1 Å². The topological polar surface area (TPSA) is 111 Å². The fraction of sp³-hybridized carbons (Fsp3) is 0.179. The Morgan fingerprint density at radius 1 is 0.974 bits per heavy atom. The molecular weight excluding hydrogens is 547 g/mol. The Hall–Kier alpha value is -3.70. The molecule has 3 aromatic rings. The van der Waals surface area contributed by atoms with Crippen LogP contribution in [0.3, 0.4) is 0 Å². The van der Waals surface area contributed by atoms with E-state index in [4.69, 9.17) is 40.2 Å². The third kappa shape index (κ3) is 4.56. The van der Waals surface area contributed by atoms with Crippen molar-refractivity contribution in [2.24, 2.45) is 5.92 Å². The van der Waals surface area contributed by atoms with Gasteiger partial charge in [-0.3, -0.25) is 20.3 Å². The molecule has 0 bridgehead atoms. The Bertz CT molecular complexity index is 1550. The number of nitro groups is 1. The molecule has 0 fully saturated rings. The van der Waals surface area contributed by atoms with Gasteiger partial charge in [0.1, 0.15) is 16.8 Å². The summed E-state index contributed by atoms with van der Waals surface area (Å²) in [6.45, 7) is 0. The minimum atomic E-state index is -1.11. The first-order valence-electron chi connectivity index (χ1n) is 11.7. The number of nitrogens with one attached hydrogen (secondary N) is 1. The van der Waals surface area contributed by atoms with Crippen LogP contribution in [0.2, 0.25) is 15.1 Å². The lowest BCUT2D eigenvalue weighted by Gasteiger charge is -2.44. The molecule has 1 aliphatic heterocycles. The first-order chi connectivity index (χ1) is 18.2. The zero-order chi connectivity index (χ0) is 27.1. The smallest absolute Gasteiger partial charge is 0.288 e. The number of carbonyl (C=O) groups excluding carboxylic acids is 1. The van der Waals surface area contributed by atoms with Crippen molar-refractivity contribution in [2.75, 3.05) is 4.90 Å². The highest BCUT2D eigenvalue weighted by Gasteiger charge is 2.47. The zero-order valence-corrected chi connectivity index (χ0v) is 22.0. The monoisotopic (exact) mass is 564 g/mol. The molecule has 0 radical (unpaired) electrons. The maximum Gasteiger partial charge on any atom is 0.288 e. The first kappa shape index (κ1) is 25.9. The predicted molar refractivity (Wildman–Crippen MR) is 147 cm³/mol. The van der Waals surface area contributed by atoms with Gasteiger partial charge < -0.3 is 4.90 Å². The zero-order valence-electron chi connectivity index (χ0n) is 19.7. The second-order valence-corrected chi connectivity index (χ2v) is 10.5. The first-order valence-corrected chi connectivity index (χ1v) is 12.8. The van der Waals surface area contributed by atoms with Crippen molar-refractivity contribution in [1.82, 2.24) is 0 Å². The van der Waals surface area contributed by atoms with Gasteiger partial charge in [-0.2, -0.15) is 5.26 Å². The number of benzene rings is 3. The van der Waals surface area contributed by atoms with Gasteiger partial charge in [-0.25, -0.2) is 0 Å². The van der Waals surface area contributed by atoms with E-state index in [2.05, 4.69) is 6.07 Å². The summed E-state index contributed by atoms with van der Waals surface area (Å²) < 4.78 is 0. The van der Waals surface area contributed by atoms with Gasteiger partial charge in [-0.15, -0.1) is 0 Å². The predicted octanol–water partition coefficient (Wildman–Crippen LogP) is 7.68. The van der Waals surface area contributed by atoms with Crippen LogP contribution in [0.15, 0.2) is 78.0 Å². The highest BCUT2D eigenvalue weighted by molar-refractivity contribution is 6.35. The molecule has 0 spiro atoms. The largest absolute Gasteiger partial charge is 0.301 e. The summed E-state index contributed by atoms with van der Waals surface area (Å²) in [7, 11) is 0. The van der Waals surface area contributed by atoms with Crippen molar-refractivity contribution in [3.63, 3.8) is 0 Å². The summed E-state index contributed by atoms with van der Waals surface area (Å²) in [6.07, 6.45) is 0.604. The third-order valence-corrected chi connectivity index (χ3v) is 7.73. The molecule has 1 heterocycles. The maximum absolute atomic E-state index is 13.9. The van der Waals surface area contributed by atoms with Crippen molar-refractivity contribution in [3.8, 4) is 6.07 Å². The molecule has 190 valence electrons. The molecule has 2 aliphatic rings. The molecule has 3 aromatic carbocycles. The minimum Gasteiger partial charge on any atom is -0.301 e. The van der Waals surface area contributed by atoms with Crippen LogP contribution in [-0.2, 0) is 4.79 Å². The molecule has 1 N–H and O–H groups in total. The second kappa shape index (κ2) is 10.2. The number of amidine groups is 1. The summed E-state index contributed by atoms with van der Waals surface area (Å²) in [6, 6.07) is 20.9.